The third kappa shape index (κ3) is 3.02. The number of para-hydroxylation sites is 2. The van der Waals surface area contributed by atoms with Crippen LogP contribution < -0.4 is 0 Å². The van der Waals surface area contributed by atoms with Gasteiger partial charge in [0.25, 0.3) is 0 Å². The zero-order valence-corrected chi connectivity index (χ0v) is 13.7. The molecule has 4 rings (SSSR count). The van der Waals surface area contributed by atoms with Crippen molar-refractivity contribution in [1.29, 1.82) is 0 Å². The second-order valence-corrected chi connectivity index (χ2v) is 6.66. The normalized spacial score (nSPS) is 18.7. The lowest BCUT2D eigenvalue weighted by atomic mass is 9.99. The molecule has 118 valence electrons. The molecule has 1 aromatic heterocycles. The maximum Gasteiger partial charge on any atom is 0.123 e. The van der Waals surface area contributed by atoms with Gasteiger partial charge in [0.1, 0.15) is 5.82 Å². The van der Waals surface area contributed by atoms with Gasteiger partial charge < -0.3 is 4.57 Å². The van der Waals surface area contributed by atoms with Crippen molar-refractivity contribution in [1.82, 2.24) is 14.5 Å². The molecule has 3 aromatic rings. The Labute approximate surface area is 137 Å². The van der Waals surface area contributed by atoms with E-state index in [1.165, 1.54) is 42.8 Å². The average molecular weight is 305 g/mol. The third-order valence-corrected chi connectivity index (χ3v) is 4.98. The maximum absolute atomic E-state index is 4.81. The molecule has 0 spiro atoms. The predicted molar refractivity (Wildman–Crippen MR) is 94.2 cm³/mol. The minimum atomic E-state index is 0.770. The fourth-order valence-electron chi connectivity index (χ4n) is 3.71. The van der Waals surface area contributed by atoms with Gasteiger partial charge in [0.2, 0.25) is 0 Å². The topological polar surface area (TPSA) is 21.1 Å². The summed E-state index contributed by atoms with van der Waals surface area (Å²) in [6, 6.07) is 19.3. The first-order valence-electron chi connectivity index (χ1n) is 8.46. The van der Waals surface area contributed by atoms with E-state index in [1.54, 1.807) is 0 Å². The first-order valence-corrected chi connectivity index (χ1v) is 8.46. The van der Waals surface area contributed by atoms with E-state index in [-0.39, 0.29) is 0 Å². The van der Waals surface area contributed by atoms with Crippen LogP contribution in [0.3, 0.4) is 0 Å². The van der Waals surface area contributed by atoms with Crippen molar-refractivity contribution in [3.63, 3.8) is 0 Å². The zero-order chi connectivity index (χ0) is 15.6. The highest BCUT2D eigenvalue weighted by atomic mass is 15.2. The molecule has 3 nitrogen and oxygen atoms in total. The highest BCUT2D eigenvalue weighted by Crippen LogP contribution is 2.23. The Balaban J connectivity index is 1.43. The highest BCUT2D eigenvalue weighted by molar-refractivity contribution is 5.75. The van der Waals surface area contributed by atoms with Crippen LogP contribution in [0.25, 0.3) is 11.0 Å². The molecule has 1 aliphatic heterocycles. The Morgan fingerprint density at radius 3 is 2.65 bits per heavy atom. The van der Waals surface area contributed by atoms with Crippen molar-refractivity contribution < 1.29 is 0 Å². The lowest BCUT2D eigenvalue weighted by Gasteiger charge is -2.16. The van der Waals surface area contributed by atoms with Crippen molar-refractivity contribution in [3.05, 3.63) is 66.0 Å². The summed E-state index contributed by atoms with van der Waals surface area (Å²) in [5.74, 6) is 1.94. The molecule has 0 radical (unpaired) electrons. The van der Waals surface area contributed by atoms with Crippen LogP contribution >= 0.6 is 0 Å². The number of imidazole rings is 1. The first-order chi connectivity index (χ1) is 11.3. The van der Waals surface area contributed by atoms with E-state index in [9.17, 15) is 0 Å². The Hall–Kier alpha value is -2.13. The number of fused-ring (bicyclic) bond motifs is 1. The van der Waals surface area contributed by atoms with Crippen LogP contribution in [0.2, 0.25) is 0 Å². The van der Waals surface area contributed by atoms with E-state index in [2.05, 4.69) is 71.1 Å². The van der Waals surface area contributed by atoms with Crippen LogP contribution in [0.5, 0.6) is 0 Å². The lowest BCUT2D eigenvalue weighted by molar-refractivity contribution is 0.305. The first kappa shape index (κ1) is 14.5. The molecule has 0 bridgehead atoms. The van der Waals surface area contributed by atoms with E-state index in [0.717, 1.165) is 18.0 Å². The molecule has 0 aliphatic carbocycles. The lowest BCUT2D eigenvalue weighted by Crippen LogP contribution is -2.22. The molecule has 1 aliphatic rings. The van der Waals surface area contributed by atoms with Crippen molar-refractivity contribution in [3.8, 4) is 0 Å². The number of nitrogens with zero attached hydrogens (tertiary/aromatic N) is 3. The zero-order valence-electron chi connectivity index (χ0n) is 13.7. The summed E-state index contributed by atoms with van der Waals surface area (Å²) in [7, 11) is 2.13. The minimum absolute atomic E-state index is 0.770. The molecular formula is C20H23N3. The van der Waals surface area contributed by atoms with E-state index in [1.807, 2.05) is 0 Å². The van der Waals surface area contributed by atoms with Gasteiger partial charge in [-0.1, -0.05) is 42.5 Å². The van der Waals surface area contributed by atoms with Gasteiger partial charge in [-0.15, -0.1) is 0 Å². The number of likely N-dealkylation sites (tertiary alicyclic amines) is 1. The maximum atomic E-state index is 4.81. The molecular weight excluding hydrogens is 282 g/mol. The van der Waals surface area contributed by atoms with Crippen molar-refractivity contribution in [2.24, 2.45) is 13.0 Å². The van der Waals surface area contributed by atoms with Crippen molar-refractivity contribution >= 4 is 11.0 Å². The number of hydrogen-bond acceptors (Lipinski definition) is 2. The number of aromatic nitrogens is 2. The van der Waals surface area contributed by atoms with Gasteiger partial charge in [0, 0.05) is 13.6 Å². The van der Waals surface area contributed by atoms with Crippen molar-refractivity contribution in [2.75, 3.05) is 13.1 Å². The molecule has 1 fully saturated rings. The van der Waals surface area contributed by atoms with Gasteiger partial charge in [0.05, 0.1) is 17.6 Å². The van der Waals surface area contributed by atoms with E-state index in [4.69, 9.17) is 4.98 Å². The van der Waals surface area contributed by atoms with E-state index < -0.39 is 0 Å². The van der Waals surface area contributed by atoms with Crippen LogP contribution in [0, 0.1) is 5.92 Å². The number of rotatable bonds is 4. The summed E-state index contributed by atoms with van der Waals surface area (Å²) >= 11 is 0. The smallest absolute Gasteiger partial charge is 0.123 e. The molecule has 1 saturated heterocycles. The summed E-state index contributed by atoms with van der Waals surface area (Å²) in [6.07, 6.45) is 2.48. The largest absolute Gasteiger partial charge is 0.330 e. The van der Waals surface area contributed by atoms with E-state index in [0.29, 0.717) is 0 Å². The van der Waals surface area contributed by atoms with Gasteiger partial charge in [-0.05, 0) is 43.0 Å². The number of benzene rings is 2. The van der Waals surface area contributed by atoms with Gasteiger partial charge >= 0.3 is 0 Å². The summed E-state index contributed by atoms with van der Waals surface area (Å²) in [5, 5.41) is 0. The molecule has 0 N–H and O–H groups in total. The van der Waals surface area contributed by atoms with Gasteiger partial charge in [-0.25, -0.2) is 4.98 Å². The molecule has 1 atom stereocenters. The number of aryl methyl sites for hydroxylation is 1. The Morgan fingerprint density at radius 1 is 1.04 bits per heavy atom. The Kier molecular flexibility index (Phi) is 3.88. The second-order valence-electron chi connectivity index (χ2n) is 6.66. The predicted octanol–water partition coefficient (Wildman–Crippen LogP) is 3.64. The summed E-state index contributed by atoms with van der Waals surface area (Å²) in [5.41, 5.74) is 3.79. The monoisotopic (exact) mass is 305 g/mol. The second kappa shape index (κ2) is 6.17. The third-order valence-electron chi connectivity index (χ3n) is 4.98. The van der Waals surface area contributed by atoms with Crippen LogP contribution in [0.15, 0.2) is 54.6 Å². The van der Waals surface area contributed by atoms with Gasteiger partial charge in [-0.2, -0.15) is 0 Å². The molecule has 23 heavy (non-hydrogen) atoms. The van der Waals surface area contributed by atoms with Crippen LogP contribution in [-0.2, 0) is 20.0 Å². The van der Waals surface area contributed by atoms with E-state index >= 15 is 0 Å². The molecule has 2 aromatic carbocycles. The van der Waals surface area contributed by atoms with Gasteiger partial charge in [0.15, 0.2) is 0 Å². The fourth-order valence-corrected chi connectivity index (χ4v) is 3.71. The Morgan fingerprint density at radius 2 is 1.83 bits per heavy atom. The van der Waals surface area contributed by atoms with Crippen LogP contribution in [0.1, 0.15) is 17.8 Å². The molecule has 0 saturated carbocycles. The standard InChI is InChI=1S/C20H23N3/c1-22-19-10-6-5-9-18(19)21-20(22)15-23-12-11-17(14-23)13-16-7-3-2-4-8-16/h2-10,17H,11-15H2,1H3. The average Bonchev–Trinajstić information content (AvgIpc) is 3.14. The minimum Gasteiger partial charge on any atom is -0.330 e. The van der Waals surface area contributed by atoms with Crippen LogP contribution in [-0.4, -0.2) is 27.5 Å². The number of hydrogen-bond donors (Lipinski definition) is 0. The highest BCUT2D eigenvalue weighted by Gasteiger charge is 2.24. The van der Waals surface area contributed by atoms with Crippen LogP contribution in [0.4, 0.5) is 0 Å². The Bertz CT molecular complexity index is 791. The molecule has 2 heterocycles. The molecule has 0 amide bonds. The van der Waals surface area contributed by atoms with Gasteiger partial charge in [-0.3, -0.25) is 4.90 Å². The molecule has 3 heteroatoms. The summed E-state index contributed by atoms with van der Waals surface area (Å²) in [4.78, 5) is 7.36. The van der Waals surface area contributed by atoms with Crippen molar-refractivity contribution in [2.45, 2.75) is 19.4 Å². The quantitative estimate of drug-likeness (QED) is 0.734. The summed E-state index contributed by atoms with van der Waals surface area (Å²) < 4.78 is 2.24. The summed E-state index contributed by atoms with van der Waals surface area (Å²) in [6.45, 7) is 3.31. The molecule has 1 unspecified atom stereocenters. The SMILES string of the molecule is Cn1c(CN2CCC(Cc3ccccc3)C2)nc2ccccc21. The fraction of sp³-hybridized carbons (Fsp3) is 0.350.